The summed E-state index contributed by atoms with van der Waals surface area (Å²) in [6, 6.07) is 8.51. The van der Waals surface area contributed by atoms with Gasteiger partial charge in [-0.1, -0.05) is 18.2 Å². The quantitative estimate of drug-likeness (QED) is 0.786. The van der Waals surface area contributed by atoms with Crippen molar-refractivity contribution in [2.24, 2.45) is 0 Å². The van der Waals surface area contributed by atoms with Crippen molar-refractivity contribution in [1.82, 2.24) is 4.57 Å². The summed E-state index contributed by atoms with van der Waals surface area (Å²) in [5, 5.41) is 1.29. The molecule has 0 bridgehead atoms. The van der Waals surface area contributed by atoms with Gasteiger partial charge in [0.05, 0.1) is 0 Å². The van der Waals surface area contributed by atoms with Gasteiger partial charge in [0.25, 0.3) is 0 Å². The van der Waals surface area contributed by atoms with Gasteiger partial charge in [-0.15, -0.1) is 0 Å². The van der Waals surface area contributed by atoms with E-state index in [1.54, 1.807) is 6.92 Å². The molecule has 1 unspecified atom stereocenters. The maximum atomic E-state index is 11.9. The molecule has 0 N–H and O–H groups in total. The van der Waals surface area contributed by atoms with Crippen molar-refractivity contribution in [2.75, 3.05) is 0 Å². The lowest BCUT2D eigenvalue weighted by Gasteiger charge is -2.22. The summed E-state index contributed by atoms with van der Waals surface area (Å²) in [7, 11) is 0. The smallest absolute Gasteiger partial charge is 0.137 e. The molecule has 18 heavy (non-hydrogen) atoms. The molecule has 94 valence electrons. The third-order valence-electron chi connectivity index (χ3n) is 4.18. The fourth-order valence-electron chi connectivity index (χ4n) is 3.43. The van der Waals surface area contributed by atoms with E-state index in [2.05, 4.69) is 35.8 Å². The number of benzene rings is 1. The number of ketones is 1. The second kappa shape index (κ2) is 4.27. The van der Waals surface area contributed by atoms with Gasteiger partial charge in [-0.2, -0.15) is 0 Å². The molecule has 1 aromatic heterocycles. The van der Waals surface area contributed by atoms with Crippen LogP contribution in [-0.4, -0.2) is 10.4 Å². The Morgan fingerprint density at radius 1 is 1.39 bits per heavy atom. The Morgan fingerprint density at radius 3 is 2.89 bits per heavy atom. The van der Waals surface area contributed by atoms with Gasteiger partial charge in [0.2, 0.25) is 0 Å². The van der Waals surface area contributed by atoms with Gasteiger partial charge in [-0.3, -0.25) is 4.79 Å². The number of para-hydroxylation sites is 1. The first-order valence-corrected chi connectivity index (χ1v) is 6.84. The van der Waals surface area contributed by atoms with E-state index in [-0.39, 0.29) is 5.92 Å². The molecule has 1 aliphatic carbocycles. The first kappa shape index (κ1) is 11.5. The Kier molecular flexibility index (Phi) is 2.73. The largest absolute Gasteiger partial charge is 0.345 e. The van der Waals surface area contributed by atoms with Crippen LogP contribution in [0.5, 0.6) is 0 Å². The third-order valence-corrected chi connectivity index (χ3v) is 4.18. The van der Waals surface area contributed by atoms with Gasteiger partial charge in [0, 0.05) is 29.1 Å². The molecule has 3 rings (SSSR count). The fourth-order valence-corrected chi connectivity index (χ4v) is 3.43. The molecule has 0 amide bonds. The van der Waals surface area contributed by atoms with Crippen LogP contribution in [0.15, 0.2) is 24.3 Å². The highest BCUT2D eigenvalue weighted by Crippen LogP contribution is 2.39. The molecule has 0 aliphatic heterocycles. The second-order valence-electron chi connectivity index (χ2n) is 5.18. The van der Waals surface area contributed by atoms with Crippen LogP contribution in [0.1, 0.15) is 43.9 Å². The molecule has 0 spiro atoms. The number of carbonyl (C=O) groups is 1. The van der Waals surface area contributed by atoms with E-state index in [4.69, 9.17) is 0 Å². The van der Waals surface area contributed by atoms with E-state index in [0.717, 1.165) is 25.8 Å². The summed E-state index contributed by atoms with van der Waals surface area (Å²) >= 11 is 0. The summed E-state index contributed by atoms with van der Waals surface area (Å²) in [5.41, 5.74) is 3.99. The highest BCUT2D eigenvalue weighted by molar-refractivity contribution is 5.94. The summed E-state index contributed by atoms with van der Waals surface area (Å²) in [6.45, 7) is 4.91. The molecule has 0 saturated carbocycles. The molecule has 1 aliphatic rings. The Hall–Kier alpha value is -1.57. The molecule has 2 aromatic rings. The lowest BCUT2D eigenvalue weighted by molar-refractivity contribution is -0.118. The van der Waals surface area contributed by atoms with E-state index < -0.39 is 0 Å². The van der Waals surface area contributed by atoms with E-state index >= 15 is 0 Å². The number of carbonyl (C=O) groups excluding carboxylic acids is 1. The molecule has 0 fully saturated rings. The lowest BCUT2D eigenvalue weighted by Crippen LogP contribution is -2.17. The SMILES string of the molecule is CCn1c2c(c3ccccc31)C(C(C)=O)CCC2. The number of Topliss-reactive ketones (excluding diaryl/α,β-unsaturated/α-hetero) is 1. The van der Waals surface area contributed by atoms with E-state index in [1.807, 2.05) is 0 Å². The van der Waals surface area contributed by atoms with Crippen molar-refractivity contribution in [1.29, 1.82) is 0 Å². The molecule has 1 aromatic carbocycles. The van der Waals surface area contributed by atoms with Crippen LogP contribution in [-0.2, 0) is 17.8 Å². The minimum Gasteiger partial charge on any atom is -0.345 e. The number of rotatable bonds is 2. The lowest BCUT2D eigenvalue weighted by atomic mass is 9.83. The summed E-state index contributed by atoms with van der Waals surface area (Å²) in [5.74, 6) is 0.432. The van der Waals surface area contributed by atoms with E-state index in [9.17, 15) is 4.79 Å². The maximum absolute atomic E-state index is 11.9. The predicted octanol–water partition coefficient (Wildman–Crippen LogP) is 3.67. The second-order valence-corrected chi connectivity index (χ2v) is 5.18. The first-order valence-electron chi connectivity index (χ1n) is 6.84. The molecule has 0 saturated heterocycles. The molecule has 1 atom stereocenters. The number of nitrogens with zero attached hydrogens (tertiary/aromatic N) is 1. The minimum atomic E-state index is 0.117. The molecular weight excluding hydrogens is 222 g/mol. The van der Waals surface area contributed by atoms with E-state index in [1.165, 1.54) is 22.2 Å². The summed E-state index contributed by atoms with van der Waals surface area (Å²) < 4.78 is 2.39. The van der Waals surface area contributed by atoms with Crippen molar-refractivity contribution in [2.45, 2.75) is 45.6 Å². The van der Waals surface area contributed by atoms with Gasteiger partial charge in [-0.05, 0) is 44.7 Å². The molecule has 0 radical (unpaired) electrons. The number of hydrogen-bond acceptors (Lipinski definition) is 1. The zero-order chi connectivity index (χ0) is 12.7. The zero-order valence-corrected chi connectivity index (χ0v) is 11.1. The van der Waals surface area contributed by atoms with Crippen LogP contribution < -0.4 is 0 Å². The van der Waals surface area contributed by atoms with Crippen LogP contribution in [0.2, 0.25) is 0 Å². The van der Waals surface area contributed by atoms with E-state index in [0.29, 0.717) is 5.78 Å². The molecular formula is C16H19NO. The highest BCUT2D eigenvalue weighted by atomic mass is 16.1. The van der Waals surface area contributed by atoms with Gasteiger partial charge in [-0.25, -0.2) is 0 Å². The van der Waals surface area contributed by atoms with Crippen molar-refractivity contribution >= 4 is 16.7 Å². The van der Waals surface area contributed by atoms with Crippen LogP contribution in [0.3, 0.4) is 0 Å². The molecule has 2 heteroatoms. The fraction of sp³-hybridized carbons (Fsp3) is 0.438. The number of fused-ring (bicyclic) bond motifs is 3. The first-order chi connectivity index (χ1) is 8.74. The monoisotopic (exact) mass is 241 g/mol. The van der Waals surface area contributed by atoms with Crippen LogP contribution in [0.4, 0.5) is 0 Å². The van der Waals surface area contributed by atoms with Crippen molar-refractivity contribution in [3.63, 3.8) is 0 Å². The number of hydrogen-bond donors (Lipinski definition) is 0. The van der Waals surface area contributed by atoms with Gasteiger partial charge >= 0.3 is 0 Å². The topological polar surface area (TPSA) is 22.0 Å². The molecule has 1 heterocycles. The minimum absolute atomic E-state index is 0.117. The number of aromatic nitrogens is 1. The average Bonchev–Trinajstić information content (AvgIpc) is 2.72. The van der Waals surface area contributed by atoms with Crippen LogP contribution in [0.25, 0.3) is 10.9 Å². The Bertz CT molecular complexity index is 609. The molecule has 2 nitrogen and oxygen atoms in total. The van der Waals surface area contributed by atoms with Crippen molar-refractivity contribution in [3.8, 4) is 0 Å². The van der Waals surface area contributed by atoms with Crippen molar-refractivity contribution in [3.05, 3.63) is 35.5 Å². The predicted molar refractivity (Wildman–Crippen MR) is 74.0 cm³/mol. The maximum Gasteiger partial charge on any atom is 0.137 e. The van der Waals surface area contributed by atoms with Gasteiger partial charge < -0.3 is 4.57 Å². The number of aryl methyl sites for hydroxylation is 1. The Labute approximate surface area is 108 Å². The Morgan fingerprint density at radius 2 is 2.17 bits per heavy atom. The normalized spacial score (nSPS) is 18.9. The summed E-state index contributed by atoms with van der Waals surface area (Å²) in [6.07, 6.45) is 3.26. The Balaban J connectivity index is 2.34. The van der Waals surface area contributed by atoms with Crippen LogP contribution in [0, 0.1) is 0 Å². The third kappa shape index (κ3) is 1.52. The van der Waals surface area contributed by atoms with Crippen molar-refractivity contribution < 1.29 is 4.79 Å². The highest BCUT2D eigenvalue weighted by Gasteiger charge is 2.29. The standard InChI is InChI=1S/C16H19NO/c1-3-17-14-9-5-4-7-13(14)16-12(11(2)18)8-6-10-15(16)17/h4-5,7,9,12H,3,6,8,10H2,1-2H3. The average molecular weight is 241 g/mol. The summed E-state index contributed by atoms with van der Waals surface area (Å²) in [4.78, 5) is 11.9. The van der Waals surface area contributed by atoms with Gasteiger partial charge in [0.15, 0.2) is 0 Å². The zero-order valence-electron chi connectivity index (χ0n) is 11.1. The van der Waals surface area contributed by atoms with Gasteiger partial charge in [0.1, 0.15) is 5.78 Å². The van der Waals surface area contributed by atoms with Crippen LogP contribution >= 0.6 is 0 Å².